The van der Waals surface area contributed by atoms with E-state index in [2.05, 4.69) is 15.6 Å². The molecule has 1 amide bonds. The van der Waals surface area contributed by atoms with E-state index in [9.17, 15) is 9.18 Å². The first kappa shape index (κ1) is 21.2. The summed E-state index contributed by atoms with van der Waals surface area (Å²) in [5.41, 5.74) is 5.86. The zero-order chi connectivity index (χ0) is 22.3. The third-order valence-corrected chi connectivity index (χ3v) is 5.15. The Hall–Kier alpha value is -3.99. The molecule has 0 saturated carbocycles. The Morgan fingerprint density at radius 2 is 1.66 bits per heavy atom. The van der Waals surface area contributed by atoms with Crippen LogP contribution in [0.15, 0.2) is 91.1 Å². The molecule has 2 N–H and O–H groups in total. The van der Waals surface area contributed by atoms with Gasteiger partial charge in [-0.2, -0.15) is 0 Å². The van der Waals surface area contributed by atoms with Gasteiger partial charge >= 0.3 is 0 Å². The standard InChI is InChI=1S/C27H24FN3O/c1-19-5-14-25(26(18-19)20-6-8-21(28)9-7-20)27(32)31-24-12-10-23(11-13-24)30-17-15-22-4-2-3-16-29-22/h2-14,16,18,30H,15,17H2,1H3,(H,31,32). The Kier molecular flexibility index (Phi) is 6.56. The SMILES string of the molecule is Cc1ccc(C(=O)Nc2ccc(NCCc3ccccn3)cc2)c(-c2ccc(F)cc2)c1. The number of halogens is 1. The van der Waals surface area contributed by atoms with Gasteiger partial charge in [-0.25, -0.2) is 4.39 Å². The molecule has 160 valence electrons. The highest BCUT2D eigenvalue weighted by Crippen LogP contribution is 2.26. The molecule has 0 aliphatic rings. The second-order valence-electron chi connectivity index (χ2n) is 7.59. The van der Waals surface area contributed by atoms with Gasteiger partial charge in [-0.15, -0.1) is 0 Å². The Balaban J connectivity index is 1.42. The van der Waals surface area contributed by atoms with Crippen molar-refractivity contribution in [1.29, 1.82) is 0 Å². The van der Waals surface area contributed by atoms with Crippen molar-refractivity contribution in [3.63, 3.8) is 0 Å². The third kappa shape index (κ3) is 5.38. The lowest BCUT2D eigenvalue weighted by Crippen LogP contribution is -2.13. The van der Waals surface area contributed by atoms with Gasteiger partial charge < -0.3 is 10.6 Å². The average molecular weight is 426 g/mol. The van der Waals surface area contributed by atoms with Crippen LogP contribution < -0.4 is 10.6 Å². The molecule has 0 aliphatic heterocycles. The summed E-state index contributed by atoms with van der Waals surface area (Å²) in [4.78, 5) is 17.3. The molecule has 0 fully saturated rings. The summed E-state index contributed by atoms with van der Waals surface area (Å²) >= 11 is 0. The zero-order valence-electron chi connectivity index (χ0n) is 17.8. The summed E-state index contributed by atoms with van der Waals surface area (Å²) in [6.45, 7) is 2.74. The van der Waals surface area contributed by atoms with E-state index < -0.39 is 0 Å². The molecular formula is C27H24FN3O. The fourth-order valence-corrected chi connectivity index (χ4v) is 3.48. The van der Waals surface area contributed by atoms with Gasteiger partial charge in [-0.05, 0) is 72.6 Å². The van der Waals surface area contributed by atoms with Gasteiger partial charge in [0.2, 0.25) is 0 Å². The molecule has 0 radical (unpaired) electrons. The summed E-state index contributed by atoms with van der Waals surface area (Å²) in [5, 5.41) is 6.32. The molecule has 5 heteroatoms. The molecule has 0 unspecified atom stereocenters. The molecule has 1 aromatic heterocycles. The van der Waals surface area contributed by atoms with Crippen molar-refractivity contribution in [2.45, 2.75) is 13.3 Å². The molecule has 1 heterocycles. The van der Waals surface area contributed by atoms with Gasteiger partial charge in [0.25, 0.3) is 5.91 Å². The number of anilines is 2. The molecule has 0 atom stereocenters. The molecule has 3 aromatic carbocycles. The number of nitrogens with one attached hydrogen (secondary N) is 2. The summed E-state index contributed by atoms with van der Waals surface area (Å²) in [7, 11) is 0. The lowest BCUT2D eigenvalue weighted by Gasteiger charge is -2.12. The van der Waals surface area contributed by atoms with E-state index in [1.807, 2.05) is 61.5 Å². The maximum atomic E-state index is 13.3. The quantitative estimate of drug-likeness (QED) is 0.376. The normalized spacial score (nSPS) is 10.6. The zero-order valence-corrected chi connectivity index (χ0v) is 17.8. The summed E-state index contributed by atoms with van der Waals surface area (Å²) < 4.78 is 13.3. The number of rotatable bonds is 7. The minimum atomic E-state index is -0.305. The predicted octanol–water partition coefficient (Wildman–Crippen LogP) is 6.10. The number of hydrogen-bond acceptors (Lipinski definition) is 3. The van der Waals surface area contributed by atoms with Gasteiger partial charge in [-0.1, -0.05) is 35.9 Å². The van der Waals surface area contributed by atoms with Crippen LogP contribution in [0.4, 0.5) is 15.8 Å². The average Bonchev–Trinajstić information content (AvgIpc) is 2.81. The molecule has 32 heavy (non-hydrogen) atoms. The monoisotopic (exact) mass is 425 g/mol. The highest BCUT2D eigenvalue weighted by Gasteiger charge is 2.14. The van der Waals surface area contributed by atoms with E-state index in [0.29, 0.717) is 11.3 Å². The first-order valence-electron chi connectivity index (χ1n) is 10.5. The first-order chi connectivity index (χ1) is 15.6. The van der Waals surface area contributed by atoms with Crippen LogP contribution in [0, 0.1) is 12.7 Å². The first-order valence-corrected chi connectivity index (χ1v) is 10.5. The number of aromatic nitrogens is 1. The van der Waals surface area contributed by atoms with Crippen LogP contribution in [0.1, 0.15) is 21.6 Å². The lowest BCUT2D eigenvalue weighted by molar-refractivity contribution is 0.102. The topological polar surface area (TPSA) is 54.0 Å². The summed E-state index contributed by atoms with van der Waals surface area (Å²) in [5.74, 6) is -0.513. The van der Waals surface area contributed by atoms with E-state index in [-0.39, 0.29) is 11.7 Å². The van der Waals surface area contributed by atoms with E-state index in [4.69, 9.17) is 0 Å². The van der Waals surface area contributed by atoms with Gasteiger partial charge in [0.1, 0.15) is 5.82 Å². The van der Waals surface area contributed by atoms with Gasteiger partial charge in [0.05, 0.1) is 0 Å². The second-order valence-corrected chi connectivity index (χ2v) is 7.59. The Morgan fingerprint density at radius 3 is 2.38 bits per heavy atom. The summed E-state index contributed by atoms with van der Waals surface area (Å²) in [6, 6.07) is 25.3. The highest BCUT2D eigenvalue weighted by molar-refractivity contribution is 6.08. The minimum Gasteiger partial charge on any atom is -0.385 e. The minimum absolute atomic E-state index is 0.208. The molecule has 0 bridgehead atoms. The Morgan fingerprint density at radius 1 is 0.906 bits per heavy atom. The van der Waals surface area contributed by atoms with Crippen molar-refractivity contribution in [3.05, 3.63) is 114 Å². The number of carbonyl (C=O) groups is 1. The van der Waals surface area contributed by atoms with Crippen molar-refractivity contribution >= 4 is 17.3 Å². The van der Waals surface area contributed by atoms with E-state index in [1.54, 1.807) is 24.4 Å². The summed E-state index contributed by atoms with van der Waals surface area (Å²) in [6.07, 6.45) is 2.63. The smallest absolute Gasteiger partial charge is 0.256 e. The van der Waals surface area contributed by atoms with Crippen molar-refractivity contribution in [1.82, 2.24) is 4.98 Å². The predicted molar refractivity (Wildman–Crippen MR) is 127 cm³/mol. The van der Waals surface area contributed by atoms with Crippen molar-refractivity contribution < 1.29 is 9.18 Å². The second kappa shape index (κ2) is 9.88. The van der Waals surface area contributed by atoms with Crippen LogP contribution in [0.3, 0.4) is 0 Å². The number of carbonyl (C=O) groups excluding carboxylic acids is 1. The number of amides is 1. The molecule has 0 saturated heterocycles. The van der Waals surface area contributed by atoms with Crippen LogP contribution >= 0.6 is 0 Å². The molecule has 0 aliphatic carbocycles. The van der Waals surface area contributed by atoms with E-state index in [1.165, 1.54) is 12.1 Å². The number of pyridine rings is 1. The molecule has 4 rings (SSSR count). The van der Waals surface area contributed by atoms with Crippen LogP contribution in [0.5, 0.6) is 0 Å². The number of benzene rings is 3. The molecule has 4 nitrogen and oxygen atoms in total. The van der Waals surface area contributed by atoms with Crippen molar-refractivity contribution in [2.24, 2.45) is 0 Å². The Bertz CT molecular complexity index is 1190. The fraction of sp³-hybridized carbons (Fsp3) is 0.111. The maximum absolute atomic E-state index is 13.3. The Labute approximate surface area is 187 Å². The number of aryl methyl sites for hydroxylation is 1. The van der Waals surface area contributed by atoms with Crippen LogP contribution in [-0.2, 0) is 6.42 Å². The molecular weight excluding hydrogens is 401 g/mol. The fourth-order valence-electron chi connectivity index (χ4n) is 3.48. The van der Waals surface area contributed by atoms with Crippen molar-refractivity contribution in [2.75, 3.05) is 17.2 Å². The van der Waals surface area contributed by atoms with Crippen LogP contribution in [-0.4, -0.2) is 17.4 Å². The van der Waals surface area contributed by atoms with Crippen LogP contribution in [0.2, 0.25) is 0 Å². The van der Waals surface area contributed by atoms with E-state index >= 15 is 0 Å². The number of nitrogens with zero attached hydrogens (tertiary/aromatic N) is 1. The molecule has 0 spiro atoms. The van der Waals surface area contributed by atoms with Gasteiger partial charge in [0, 0.05) is 41.8 Å². The molecule has 4 aromatic rings. The lowest BCUT2D eigenvalue weighted by atomic mass is 9.97. The van der Waals surface area contributed by atoms with Gasteiger partial charge in [-0.3, -0.25) is 9.78 Å². The third-order valence-electron chi connectivity index (χ3n) is 5.15. The maximum Gasteiger partial charge on any atom is 0.256 e. The van der Waals surface area contributed by atoms with Gasteiger partial charge in [0.15, 0.2) is 0 Å². The van der Waals surface area contributed by atoms with Crippen LogP contribution in [0.25, 0.3) is 11.1 Å². The van der Waals surface area contributed by atoms with Crippen molar-refractivity contribution in [3.8, 4) is 11.1 Å². The van der Waals surface area contributed by atoms with E-state index in [0.717, 1.165) is 41.0 Å². The largest absolute Gasteiger partial charge is 0.385 e. The highest BCUT2D eigenvalue weighted by atomic mass is 19.1. The number of hydrogen-bond donors (Lipinski definition) is 2.